The van der Waals surface area contributed by atoms with Gasteiger partial charge in [0.2, 0.25) is 0 Å². The maximum Gasteiger partial charge on any atom is 0.0764 e. The summed E-state index contributed by atoms with van der Waals surface area (Å²) in [7, 11) is 1.96. The summed E-state index contributed by atoms with van der Waals surface area (Å²) < 4.78 is 1.86. The highest BCUT2D eigenvalue weighted by atomic mass is 15.3. The van der Waals surface area contributed by atoms with E-state index in [2.05, 4.69) is 21.0 Å². The van der Waals surface area contributed by atoms with Gasteiger partial charge in [0.05, 0.1) is 5.69 Å². The van der Waals surface area contributed by atoms with E-state index >= 15 is 0 Å². The highest BCUT2D eigenvalue weighted by molar-refractivity contribution is 4.98. The van der Waals surface area contributed by atoms with Gasteiger partial charge in [0.1, 0.15) is 0 Å². The Morgan fingerprint density at radius 3 is 2.50 bits per heavy atom. The lowest BCUT2D eigenvalue weighted by molar-refractivity contribution is 0.128. The van der Waals surface area contributed by atoms with Crippen LogP contribution in [0.4, 0.5) is 0 Å². The SMILES string of the molecule is Cn1ccc(CN2CCN(CCN)CC2)n1. The predicted octanol–water partition coefficient (Wildman–Crippen LogP) is -0.504. The summed E-state index contributed by atoms with van der Waals surface area (Å²) in [5.41, 5.74) is 6.71. The first-order valence-electron chi connectivity index (χ1n) is 5.91. The maximum absolute atomic E-state index is 5.55. The summed E-state index contributed by atoms with van der Waals surface area (Å²) in [4.78, 5) is 4.88. The summed E-state index contributed by atoms with van der Waals surface area (Å²) in [6, 6.07) is 2.09. The van der Waals surface area contributed by atoms with Crippen molar-refractivity contribution in [3.05, 3.63) is 18.0 Å². The Kier molecular flexibility index (Phi) is 3.93. The monoisotopic (exact) mass is 223 g/mol. The number of nitrogens with two attached hydrogens (primary N) is 1. The Labute approximate surface area is 96.8 Å². The minimum absolute atomic E-state index is 0.764. The van der Waals surface area contributed by atoms with Gasteiger partial charge in [0, 0.05) is 59.1 Å². The normalized spacial score (nSPS) is 19.1. The Balaban J connectivity index is 1.77. The van der Waals surface area contributed by atoms with E-state index in [0.717, 1.165) is 51.5 Å². The zero-order valence-corrected chi connectivity index (χ0v) is 9.97. The molecule has 1 saturated heterocycles. The Morgan fingerprint density at radius 2 is 1.94 bits per heavy atom. The number of rotatable bonds is 4. The second-order valence-corrected chi connectivity index (χ2v) is 4.39. The number of nitrogens with zero attached hydrogens (tertiary/aromatic N) is 4. The van der Waals surface area contributed by atoms with Gasteiger partial charge in [-0.2, -0.15) is 5.10 Å². The van der Waals surface area contributed by atoms with Crippen LogP contribution in [0.2, 0.25) is 0 Å². The quantitative estimate of drug-likeness (QED) is 0.747. The number of hydrogen-bond donors (Lipinski definition) is 1. The summed E-state index contributed by atoms with van der Waals surface area (Å²) in [6.07, 6.45) is 2.00. The van der Waals surface area contributed by atoms with E-state index in [1.54, 1.807) is 0 Å². The van der Waals surface area contributed by atoms with Crippen molar-refractivity contribution in [3.63, 3.8) is 0 Å². The van der Waals surface area contributed by atoms with E-state index in [1.807, 2.05) is 17.9 Å². The van der Waals surface area contributed by atoms with Crippen LogP contribution in [-0.4, -0.2) is 58.8 Å². The molecule has 1 aromatic heterocycles. The standard InChI is InChI=1S/C11H21N5/c1-14-4-2-11(13-14)10-16-8-6-15(5-3-12)7-9-16/h2,4H,3,5-10,12H2,1H3. The molecule has 0 atom stereocenters. The van der Waals surface area contributed by atoms with E-state index in [1.165, 1.54) is 0 Å². The van der Waals surface area contributed by atoms with Gasteiger partial charge < -0.3 is 5.73 Å². The van der Waals surface area contributed by atoms with Gasteiger partial charge in [-0.15, -0.1) is 0 Å². The van der Waals surface area contributed by atoms with Crippen LogP contribution < -0.4 is 5.73 Å². The van der Waals surface area contributed by atoms with Gasteiger partial charge in [0.15, 0.2) is 0 Å². The van der Waals surface area contributed by atoms with Crippen molar-refractivity contribution in [3.8, 4) is 0 Å². The van der Waals surface area contributed by atoms with Crippen molar-refractivity contribution in [2.45, 2.75) is 6.54 Å². The third-order valence-corrected chi connectivity index (χ3v) is 3.06. The summed E-state index contributed by atoms with van der Waals surface area (Å²) >= 11 is 0. The smallest absolute Gasteiger partial charge is 0.0764 e. The molecular formula is C11H21N5. The molecular weight excluding hydrogens is 202 g/mol. The van der Waals surface area contributed by atoms with Crippen molar-refractivity contribution < 1.29 is 0 Å². The molecule has 5 heteroatoms. The van der Waals surface area contributed by atoms with Crippen LogP contribution >= 0.6 is 0 Å². The third-order valence-electron chi connectivity index (χ3n) is 3.06. The molecule has 2 heterocycles. The second kappa shape index (κ2) is 5.43. The average molecular weight is 223 g/mol. The molecule has 0 spiro atoms. The van der Waals surface area contributed by atoms with E-state index in [-0.39, 0.29) is 0 Å². The fourth-order valence-electron chi connectivity index (χ4n) is 2.13. The molecule has 0 aliphatic carbocycles. The topological polar surface area (TPSA) is 50.3 Å². The first-order chi connectivity index (χ1) is 7.78. The lowest BCUT2D eigenvalue weighted by Crippen LogP contribution is -2.47. The minimum Gasteiger partial charge on any atom is -0.329 e. The van der Waals surface area contributed by atoms with Crippen molar-refractivity contribution in [1.82, 2.24) is 19.6 Å². The fraction of sp³-hybridized carbons (Fsp3) is 0.727. The molecule has 0 amide bonds. The second-order valence-electron chi connectivity index (χ2n) is 4.39. The van der Waals surface area contributed by atoms with E-state index in [4.69, 9.17) is 5.73 Å². The highest BCUT2D eigenvalue weighted by Crippen LogP contribution is 2.06. The van der Waals surface area contributed by atoms with Gasteiger partial charge in [0.25, 0.3) is 0 Å². The maximum atomic E-state index is 5.55. The molecule has 0 aromatic carbocycles. The summed E-state index contributed by atoms with van der Waals surface area (Å²) in [6.45, 7) is 7.26. The highest BCUT2D eigenvalue weighted by Gasteiger charge is 2.16. The molecule has 1 aliphatic heterocycles. The molecule has 0 bridgehead atoms. The van der Waals surface area contributed by atoms with Crippen molar-refractivity contribution in [1.29, 1.82) is 0 Å². The number of hydrogen-bond acceptors (Lipinski definition) is 4. The molecule has 1 aromatic rings. The van der Waals surface area contributed by atoms with Gasteiger partial charge in [-0.05, 0) is 6.07 Å². The number of aryl methyl sites for hydroxylation is 1. The zero-order valence-electron chi connectivity index (χ0n) is 9.97. The molecule has 1 aliphatic rings. The molecule has 90 valence electrons. The number of aromatic nitrogens is 2. The first kappa shape index (κ1) is 11.6. The molecule has 0 saturated carbocycles. The van der Waals surface area contributed by atoms with Crippen molar-refractivity contribution in [2.24, 2.45) is 12.8 Å². The largest absolute Gasteiger partial charge is 0.329 e. The predicted molar refractivity (Wildman–Crippen MR) is 64.0 cm³/mol. The molecule has 16 heavy (non-hydrogen) atoms. The van der Waals surface area contributed by atoms with Gasteiger partial charge in [-0.25, -0.2) is 0 Å². The summed E-state index contributed by atoms with van der Waals surface area (Å²) in [5.74, 6) is 0. The molecule has 0 radical (unpaired) electrons. The van der Waals surface area contributed by atoms with Crippen molar-refractivity contribution >= 4 is 0 Å². The van der Waals surface area contributed by atoms with Crippen LogP contribution in [0.15, 0.2) is 12.3 Å². The molecule has 2 N–H and O–H groups in total. The molecule has 0 unspecified atom stereocenters. The van der Waals surface area contributed by atoms with E-state index in [0.29, 0.717) is 0 Å². The van der Waals surface area contributed by atoms with Crippen LogP contribution in [0.5, 0.6) is 0 Å². The van der Waals surface area contributed by atoms with E-state index < -0.39 is 0 Å². The fourth-order valence-corrected chi connectivity index (χ4v) is 2.13. The minimum atomic E-state index is 0.764. The third kappa shape index (κ3) is 3.04. The summed E-state index contributed by atoms with van der Waals surface area (Å²) in [5, 5.41) is 4.40. The molecule has 2 rings (SSSR count). The van der Waals surface area contributed by atoms with E-state index in [9.17, 15) is 0 Å². The molecule has 1 fully saturated rings. The Hall–Kier alpha value is -0.910. The van der Waals surface area contributed by atoms with Gasteiger partial charge >= 0.3 is 0 Å². The lowest BCUT2D eigenvalue weighted by atomic mass is 10.3. The van der Waals surface area contributed by atoms with Crippen LogP contribution in [0.3, 0.4) is 0 Å². The van der Waals surface area contributed by atoms with Crippen molar-refractivity contribution in [2.75, 3.05) is 39.3 Å². The number of piperazine rings is 1. The first-order valence-corrected chi connectivity index (χ1v) is 5.91. The zero-order chi connectivity index (χ0) is 11.4. The van der Waals surface area contributed by atoms with Crippen LogP contribution in [0.25, 0.3) is 0 Å². The Bertz CT molecular complexity index is 314. The van der Waals surface area contributed by atoms with Crippen LogP contribution in [0, 0.1) is 0 Å². The van der Waals surface area contributed by atoms with Crippen LogP contribution in [0.1, 0.15) is 5.69 Å². The van der Waals surface area contributed by atoms with Gasteiger partial charge in [-0.1, -0.05) is 0 Å². The average Bonchev–Trinajstić information content (AvgIpc) is 2.67. The molecule has 5 nitrogen and oxygen atoms in total. The Morgan fingerprint density at radius 1 is 1.25 bits per heavy atom. The van der Waals surface area contributed by atoms with Crippen LogP contribution in [-0.2, 0) is 13.6 Å². The van der Waals surface area contributed by atoms with Gasteiger partial charge in [-0.3, -0.25) is 14.5 Å². The lowest BCUT2D eigenvalue weighted by Gasteiger charge is -2.33.